The summed E-state index contributed by atoms with van der Waals surface area (Å²) in [5.41, 5.74) is 1.29. The maximum absolute atomic E-state index is 11.9. The number of aromatic carboxylic acids is 1. The van der Waals surface area contributed by atoms with Crippen LogP contribution in [0.3, 0.4) is 0 Å². The van der Waals surface area contributed by atoms with Gasteiger partial charge in [0.1, 0.15) is 10.8 Å². The second kappa shape index (κ2) is 7.04. The van der Waals surface area contributed by atoms with Gasteiger partial charge in [0.05, 0.1) is 30.1 Å². The van der Waals surface area contributed by atoms with Gasteiger partial charge in [0, 0.05) is 6.54 Å². The Kier molecular flexibility index (Phi) is 5.11. The SMILES string of the molecule is COc1cccc(CNC(=O)Cc2nc(C)c(C(=O)[O-])s2)c1. The van der Waals surface area contributed by atoms with E-state index in [0.29, 0.717) is 17.2 Å². The van der Waals surface area contributed by atoms with Crippen LogP contribution in [0.4, 0.5) is 0 Å². The van der Waals surface area contributed by atoms with E-state index in [1.165, 1.54) is 0 Å². The highest BCUT2D eigenvalue weighted by Crippen LogP contribution is 2.17. The Morgan fingerprint density at radius 2 is 2.18 bits per heavy atom. The van der Waals surface area contributed by atoms with E-state index in [0.717, 1.165) is 22.6 Å². The number of methoxy groups -OCH3 is 1. The van der Waals surface area contributed by atoms with Crippen molar-refractivity contribution >= 4 is 23.2 Å². The minimum absolute atomic E-state index is 0.0444. The van der Waals surface area contributed by atoms with Gasteiger partial charge in [0.15, 0.2) is 0 Å². The molecule has 0 aliphatic heterocycles. The van der Waals surface area contributed by atoms with Crippen LogP contribution < -0.4 is 15.2 Å². The van der Waals surface area contributed by atoms with Crippen molar-refractivity contribution in [3.63, 3.8) is 0 Å². The average molecular weight is 319 g/mol. The number of aryl methyl sites for hydroxylation is 1. The molecule has 22 heavy (non-hydrogen) atoms. The lowest BCUT2D eigenvalue weighted by molar-refractivity contribution is -0.254. The highest BCUT2D eigenvalue weighted by molar-refractivity contribution is 7.13. The largest absolute Gasteiger partial charge is 0.544 e. The lowest BCUT2D eigenvalue weighted by Gasteiger charge is -2.06. The molecule has 0 aliphatic rings. The molecule has 7 heteroatoms. The van der Waals surface area contributed by atoms with Gasteiger partial charge in [-0.15, -0.1) is 11.3 Å². The third-order valence-electron chi connectivity index (χ3n) is 2.96. The molecule has 0 atom stereocenters. The number of amides is 1. The van der Waals surface area contributed by atoms with Crippen molar-refractivity contribution in [3.8, 4) is 5.75 Å². The van der Waals surface area contributed by atoms with Crippen molar-refractivity contribution in [1.29, 1.82) is 0 Å². The van der Waals surface area contributed by atoms with Crippen LogP contribution >= 0.6 is 11.3 Å². The first-order valence-electron chi connectivity index (χ1n) is 6.57. The minimum atomic E-state index is -1.27. The summed E-state index contributed by atoms with van der Waals surface area (Å²) in [6.45, 7) is 1.95. The van der Waals surface area contributed by atoms with Crippen molar-refractivity contribution in [2.45, 2.75) is 19.9 Å². The maximum Gasteiger partial charge on any atom is 0.227 e. The Hall–Kier alpha value is -2.41. The second-order valence-electron chi connectivity index (χ2n) is 4.61. The van der Waals surface area contributed by atoms with Crippen molar-refractivity contribution < 1.29 is 19.4 Å². The number of carboxylic acid groups (broad SMARTS) is 1. The Bertz CT molecular complexity index is 697. The predicted octanol–water partition coefficient (Wildman–Crippen LogP) is 0.683. The molecule has 0 fully saturated rings. The molecule has 1 N–H and O–H groups in total. The first-order valence-corrected chi connectivity index (χ1v) is 7.38. The molecule has 1 heterocycles. The summed E-state index contributed by atoms with van der Waals surface area (Å²) < 4.78 is 5.11. The van der Waals surface area contributed by atoms with E-state index >= 15 is 0 Å². The molecule has 1 aromatic carbocycles. The highest BCUT2D eigenvalue weighted by atomic mass is 32.1. The first-order chi connectivity index (χ1) is 10.5. The van der Waals surface area contributed by atoms with E-state index in [1.54, 1.807) is 14.0 Å². The van der Waals surface area contributed by atoms with Gasteiger partial charge < -0.3 is 20.0 Å². The van der Waals surface area contributed by atoms with Crippen LogP contribution in [0.25, 0.3) is 0 Å². The Labute approximate surface area is 131 Å². The van der Waals surface area contributed by atoms with Crippen LogP contribution in [0.1, 0.15) is 25.9 Å². The van der Waals surface area contributed by atoms with Gasteiger partial charge in [-0.25, -0.2) is 4.98 Å². The lowest BCUT2D eigenvalue weighted by atomic mass is 10.2. The predicted molar refractivity (Wildman–Crippen MR) is 79.7 cm³/mol. The smallest absolute Gasteiger partial charge is 0.227 e. The van der Waals surface area contributed by atoms with Gasteiger partial charge in [-0.2, -0.15) is 0 Å². The number of nitrogens with zero attached hydrogens (tertiary/aromatic N) is 1. The Balaban J connectivity index is 1.92. The van der Waals surface area contributed by atoms with E-state index in [2.05, 4.69) is 10.3 Å². The van der Waals surface area contributed by atoms with Crippen molar-refractivity contribution in [2.24, 2.45) is 0 Å². The topological polar surface area (TPSA) is 91.3 Å². The zero-order valence-corrected chi connectivity index (χ0v) is 13.0. The van der Waals surface area contributed by atoms with Crippen LogP contribution in [0.15, 0.2) is 24.3 Å². The van der Waals surface area contributed by atoms with Gasteiger partial charge in [-0.3, -0.25) is 4.79 Å². The normalized spacial score (nSPS) is 10.3. The highest BCUT2D eigenvalue weighted by Gasteiger charge is 2.12. The summed E-state index contributed by atoms with van der Waals surface area (Å²) in [5.74, 6) is -0.764. The molecule has 0 radical (unpaired) electrons. The van der Waals surface area contributed by atoms with Crippen molar-refractivity contribution in [3.05, 3.63) is 45.4 Å². The quantitative estimate of drug-likeness (QED) is 0.845. The molecule has 2 aromatic rings. The number of nitrogens with one attached hydrogen (secondary N) is 1. The number of aromatic nitrogens is 1. The Morgan fingerprint density at radius 3 is 2.82 bits per heavy atom. The van der Waals surface area contributed by atoms with Crippen LogP contribution in [0.2, 0.25) is 0 Å². The molecular formula is C15H15N2O4S-. The van der Waals surface area contributed by atoms with E-state index in [1.807, 2.05) is 24.3 Å². The summed E-state index contributed by atoms with van der Waals surface area (Å²) in [6.07, 6.45) is 0.0444. The van der Waals surface area contributed by atoms with Crippen LogP contribution in [0, 0.1) is 6.92 Å². The van der Waals surface area contributed by atoms with Gasteiger partial charge >= 0.3 is 0 Å². The summed E-state index contributed by atoms with van der Waals surface area (Å²) in [4.78, 5) is 26.9. The zero-order valence-electron chi connectivity index (χ0n) is 12.2. The van der Waals surface area contributed by atoms with Gasteiger partial charge in [0.25, 0.3) is 0 Å². The summed E-state index contributed by atoms with van der Waals surface area (Å²) in [7, 11) is 1.58. The molecular weight excluding hydrogens is 304 g/mol. The third-order valence-corrected chi connectivity index (χ3v) is 4.10. The fraction of sp³-hybridized carbons (Fsp3) is 0.267. The monoisotopic (exact) mass is 319 g/mol. The molecule has 0 aliphatic carbocycles. The molecule has 0 bridgehead atoms. The fourth-order valence-corrected chi connectivity index (χ4v) is 2.80. The standard InChI is InChI=1S/C15H16N2O4S/c1-9-14(15(19)20)22-13(17-9)7-12(18)16-8-10-4-3-5-11(6-10)21-2/h3-6H,7-8H2,1-2H3,(H,16,18)(H,19,20)/p-1. The molecule has 0 saturated carbocycles. The second-order valence-corrected chi connectivity index (χ2v) is 5.70. The number of rotatable bonds is 6. The van der Waals surface area contributed by atoms with Gasteiger partial charge in [0.2, 0.25) is 5.91 Å². The number of thiazole rings is 1. The molecule has 1 amide bonds. The molecule has 1 aromatic heterocycles. The van der Waals surface area contributed by atoms with E-state index < -0.39 is 5.97 Å². The summed E-state index contributed by atoms with van der Waals surface area (Å²) >= 11 is 0.970. The summed E-state index contributed by atoms with van der Waals surface area (Å²) in [5, 5.41) is 14.1. The number of carboxylic acids is 1. The Morgan fingerprint density at radius 1 is 1.41 bits per heavy atom. The van der Waals surface area contributed by atoms with E-state index in [9.17, 15) is 14.7 Å². The summed E-state index contributed by atoms with van der Waals surface area (Å²) in [6, 6.07) is 7.38. The molecule has 6 nitrogen and oxygen atoms in total. The number of benzene rings is 1. The van der Waals surface area contributed by atoms with Crippen LogP contribution in [0.5, 0.6) is 5.75 Å². The van der Waals surface area contributed by atoms with Crippen molar-refractivity contribution in [2.75, 3.05) is 7.11 Å². The third kappa shape index (κ3) is 4.05. The zero-order chi connectivity index (χ0) is 16.1. The molecule has 0 spiro atoms. The van der Waals surface area contributed by atoms with Crippen molar-refractivity contribution in [1.82, 2.24) is 10.3 Å². The van der Waals surface area contributed by atoms with Gasteiger partial charge in [-0.1, -0.05) is 12.1 Å². The number of hydrogen-bond donors (Lipinski definition) is 1. The van der Waals surface area contributed by atoms with Gasteiger partial charge in [-0.05, 0) is 24.6 Å². The van der Waals surface area contributed by atoms with E-state index in [4.69, 9.17) is 4.74 Å². The van der Waals surface area contributed by atoms with E-state index in [-0.39, 0.29) is 17.2 Å². The molecule has 0 saturated heterocycles. The number of ether oxygens (including phenoxy) is 1. The molecule has 116 valence electrons. The number of hydrogen-bond acceptors (Lipinski definition) is 6. The van der Waals surface area contributed by atoms with Crippen LogP contribution in [-0.2, 0) is 17.8 Å². The first kappa shape index (κ1) is 16.0. The number of carbonyl (C=O) groups excluding carboxylic acids is 2. The molecule has 0 unspecified atom stereocenters. The fourth-order valence-electron chi connectivity index (χ4n) is 1.90. The molecule has 2 rings (SSSR count). The average Bonchev–Trinajstić information content (AvgIpc) is 2.86. The maximum atomic E-state index is 11.9. The lowest BCUT2D eigenvalue weighted by Crippen LogP contribution is -2.24. The van der Waals surface area contributed by atoms with Crippen LogP contribution in [-0.4, -0.2) is 24.0 Å². The minimum Gasteiger partial charge on any atom is -0.544 e. The number of carbonyl (C=O) groups is 2.